The van der Waals surface area contributed by atoms with Gasteiger partial charge in [0.25, 0.3) is 0 Å². The summed E-state index contributed by atoms with van der Waals surface area (Å²) in [6.07, 6.45) is 0. The van der Waals surface area contributed by atoms with E-state index in [1.54, 1.807) is 55.5 Å². The van der Waals surface area contributed by atoms with Crippen molar-refractivity contribution in [2.24, 2.45) is 5.73 Å². The zero-order valence-corrected chi connectivity index (χ0v) is 14.0. The largest absolute Gasteiger partial charge is 0.374 e. The summed E-state index contributed by atoms with van der Waals surface area (Å²) in [6, 6.07) is 12.9. The number of nitrogens with two attached hydrogens (primary N) is 1. The van der Waals surface area contributed by atoms with E-state index in [2.05, 4.69) is 16.0 Å². The van der Waals surface area contributed by atoms with Gasteiger partial charge in [-0.25, -0.2) is 0 Å². The van der Waals surface area contributed by atoms with Crippen molar-refractivity contribution >= 4 is 34.8 Å². The fourth-order valence-electron chi connectivity index (χ4n) is 2.14. The second-order valence-electron chi connectivity index (χ2n) is 5.56. The molecule has 3 amide bonds. The molecule has 0 radical (unpaired) electrons. The molecule has 0 aliphatic carbocycles. The number of carbonyl (C=O) groups excluding carboxylic acids is 3. The normalized spacial score (nSPS) is 11.3. The molecular formula is C18H20N4O3. The first-order valence-electron chi connectivity index (χ1n) is 7.70. The average molecular weight is 340 g/mol. The van der Waals surface area contributed by atoms with E-state index < -0.39 is 11.9 Å². The molecule has 0 heterocycles. The first-order chi connectivity index (χ1) is 11.8. The van der Waals surface area contributed by atoms with Crippen LogP contribution in [0.2, 0.25) is 0 Å². The van der Waals surface area contributed by atoms with Crippen molar-refractivity contribution in [2.75, 3.05) is 16.0 Å². The lowest BCUT2D eigenvalue weighted by atomic mass is 10.2. The second-order valence-corrected chi connectivity index (χ2v) is 5.56. The lowest BCUT2D eigenvalue weighted by molar-refractivity contribution is -0.116. The highest BCUT2D eigenvalue weighted by atomic mass is 16.2. The van der Waals surface area contributed by atoms with Gasteiger partial charge in [-0.1, -0.05) is 0 Å². The Balaban J connectivity index is 1.93. The summed E-state index contributed by atoms with van der Waals surface area (Å²) in [7, 11) is 0. The Labute approximate surface area is 145 Å². The maximum atomic E-state index is 12.2. The van der Waals surface area contributed by atoms with Crippen LogP contribution in [0.1, 0.15) is 24.2 Å². The molecule has 7 heteroatoms. The Morgan fingerprint density at radius 2 is 1.32 bits per heavy atom. The highest BCUT2D eigenvalue weighted by Gasteiger charge is 2.13. The first-order valence-corrected chi connectivity index (χ1v) is 7.70. The van der Waals surface area contributed by atoms with Crippen LogP contribution in [0.15, 0.2) is 48.5 Å². The molecule has 0 saturated carbocycles. The molecule has 2 aromatic rings. The van der Waals surface area contributed by atoms with Crippen LogP contribution < -0.4 is 21.7 Å². The molecule has 0 aromatic heterocycles. The van der Waals surface area contributed by atoms with Gasteiger partial charge in [0.05, 0.1) is 0 Å². The molecule has 5 N–H and O–H groups in total. The van der Waals surface area contributed by atoms with Gasteiger partial charge in [-0.05, 0) is 55.5 Å². The lowest BCUT2D eigenvalue weighted by Gasteiger charge is -2.16. The van der Waals surface area contributed by atoms with Crippen molar-refractivity contribution in [3.05, 3.63) is 54.1 Å². The summed E-state index contributed by atoms with van der Waals surface area (Å²) in [6.45, 7) is 3.17. The molecule has 1 atom stereocenters. The predicted molar refractivity (Wildman–Crippen MR) is 97.4 cm³/mol. The van der Waals surface area contributed by atoms with E-state index in [-0.39, 0.29) is 11.8 Å². The van der Waals surface area contributed by atoms with Gasteiger partial charge >= 0.3 is 0 Å². The molecule has 2 aromatic carbocycles. The zero-order chi connectivity index (χ0) is 18.4. The number of carbonyl (C=O) groups is 3. The lowest BCUT2D eigenvalue weighted by Crippen LogP contribution is -2.31. The summed E-state index contributed by atoms with van der Waals surface area (Å²) in [5, 5.41) is 8.50. The van der Waals surface area contributed by atoms with E-state index in [1.807, 2.05) is 0 Å². The number of rotatable bonds is 6. The Morgan fingerprint density at radius 3 is 1.84 bits per heavy atom. The molecule has 0 saturated heterocycles. The van der Waals surface area contributed by atoms with Gasteiger partial charge in [0, 0.05) is 29.5 Å². The van der Waals surface area contributed by atoms with E-state index in [4.69, 9.17) is 5.73 Å². The van der Waals surface area contributed by atoms with E-state index >= 15 is 0 Å². The summed E-state index contributed by atoms with van der Waals surface area (Å²) >= 11 is 0. The molecule has 7 nitrogen and oxygen atoms in total. The number of nitrogens with one attached hydrogen (secondary N) is 3. The van der Waals surface area contributed by atoms with Gasteiger partial charge in [-0.2, -0.15) is 0 Å². The standard InChI is InChI=1S/C18H20N4O3/c1-11(20-14-7-9-15(10-8-14)21-12(2)23)18(25)22-16-5-3-13(4-6-16)17(19)24/h3-11,20H,1-2H3,(H2,19,24)(H,21,23)(H,22,25)/t11-/m1/s1. The van der Waals surface area contributed by atoms with Crippen molar-refractivity contribution in [2.45, 2.75) is 19.9 Å². The molecule has 0 aliphatic rings. The Morgan fingerprint density at radius 1 is 0.840 bits per heavy atom. The number of anilines is 3. The topological polar surface area (TPSA) is 113 Å². The maximum absolute atomic E-state index is 12.2. The van der Waals surface area contributed by atoms with E-state index in [0.717, 1.165) is 5.69 Å². The molecule has 0 unspecified atom stereocenters. The van der Waals surface area contributed by atoms with Crippen molar-refractivity contribution in [3.63, 3.8) is 0 Å². The molecular weight excluding hydrogens is 320 g/mol. The Bertz CT molecular complexity index is 770. The molecule has 25 heavy (non-hydrogen) atoms. The van der Waals surface area contributed by atoms with Crippen LogP contribution in [0.5, 0.6) is 0 Å². The van der Waals surface area contributed by atoms with Gasteiger partial charge in [-0.15, -0.1) is 0 Å². The number of primary amides is 1. The van der Waals surface area contributed by atoms with Gasteiger partial charge in [0.2, 0.25) is 17.7 Å². The fraction of sp³-hybridized carbons (Fsp3) is 0.167. The zero-order valence-electron chi connectivity index (χ0n) is 14.0. The van der Waals surface area contributed by atoms with Crippen molar-refractivity contribution in [3.8, 4) is 0 Å². The fourth-order valence-corrected chi connectivity index (χ4v) is 2.14. The summed E-state index contributed by atoms with van der Waals surface area (Å²) in [5.41, 5.74) is 7.56. The van der Waals surface area contributed by atoms with Crippen LogP contribution in [-0.4, -0.2) is 23.8 Å². The van der Waals surface area contributed by atoms with Gasteiger partial charge in [0.1, 0.15) is 6.04 Å². The van der Waals surface area contributed by atoms with Gasteiger partial charge < -0.3 is 21.7 Å². The number of hydrogen-bond donors (Lipinski definition) is 4. The quantitative estimate of drug-likeness (QED) is 0.645. The summed E-state index contributed by atoms with van der Waals surface area (Å²) in [5.74, 6) is -0.885. The summed E-state index contributed by atoms with van der Waals surface area (Å²) < 4.78 is 0. The third-order valence-electron chi connectivity index (χ3n) is 3.42. The SMILES string of the molecule is CC(=O)Nc1ccc(N[C@H](C)C(=O)Nc2ccc(C(N)=O)cc2)cc1. The van der Waals surface area contributed by atoms with Crippen LogP contribution in [0.3, 0.4) is 0 Å². The molecule has 0 fully saturated rings. The third kappa shape index (κ3) is 5.35. The van der Waals surface area contributed by atoms with Crippen LogP contribution in [-0.2, 0) is 9.59 Å². The smallest absolute Gasteiger partial charge is 0.248 e. The predicted octanol–water partition coefficient (Wildman–Crippen LogP) is 2.18. The van der Waals surface area contributed by atoms with Gasteiger partial charge in [-0.3, -0.25) is 14.4 Å². The van der Waals surface area contributed by atoms with E-state index in [0.29, 0.717) is 16.9 Å². The van der Waals surface area contributed by atoms with E-state index in [9.17, 15) is 14.4 Å². The Kier molecular flexibility index (Phi) is 5.73. The average Bonchev–Trinajstić information content (AvgIpc) is 2.56. The minimum Gasteiger partial charge on any atom is -0.374 e. The Hall–Kier alpha value is -3.35. The van der Waals surface area contributed by atoms with Crippen molar-refractivity contribution < 1.29 is 14.4 Å². The minimum absolute atomic E-state index is 0.143. The van der Waals surface area contributed by atoms with Crippen molar-refractivity contribution in [1.82, 2.24) is 0 Å². The minimum atomic E-state index is -0.518. The van der Waals surface area contributed by atoms with Crippen LogP contribution >= 0.6 is 0 Å². The highest BCUT2D eigenvalue weighted by molar-refractivity contribution is 5.97. The number of amides is 3. The number of benzene rings is 2. The molecule has 0 bridgehead atoms. The van der Waals surface area contributed by atoms with Crippen LogP contribution in [0.25, 0.3) is 0 Å². The molecule has 2 rings (SSSR count). The second kappa shape index (κ2) is 7.96. The number of hydrogen-bond acceptors (Lipinski definition) is 4. The monoisotopic (exact) mass is 340 g/mol. The maximum Gasteiger partial charge on any atom is 0.248 e. The first kappa shape index (κ1) is 18.0. The van der Waals surface area contributed by atoms with E-state index in [1.165, 1.54) is 6.92 Å². The molecule has 0 spiro atoms. The third-order valence-corrected chi connectivity index (χ3v) is 3.42. The van der Waals surface area contributed by atoms with Crippen molar-refractivity contribution in [1.29, 1.82) is 0 Å². The summed E-state index contributed by atoms with van der Waals surface area (Å²) in [4.78, 5) is 34.2. The molecule has 130 valence electrons. The van der Waals surface area contributed by atoms with Crippen LogP contribution in [0, 0.1) is 0 Å². The van der Waals surface area contributed by atoms with Gasteiger partial charge in [0.15, 0.2) is 0 Å². The van der Waals surface area contributed by atoms with Crippen LogP contribution in [0.4, 0.5) is 17.1 Å². The molecule has 0 aliphatic heterocycles. The highest BCUT2D eigenvalue weighted by Crippen LogP contribution is 2.15.